The van der Waals surface area contributed by atoms with Crippen LogP contribution in [0.25, 0.3) is 0 Å². The van der Waals surface area contributed by atoms with Crippen molar-refractivity contribution in [2.24, 2.45) is 10.9 Å². The third kappa shape index (κ3) is 11.9. The fraction of sp³-hybridized carbons (Fsp3) is 0.524. The second kappa shape index (κ2) is 16.6. The van der Waals surface area contributed by atoms with Crippen molar-refractivity contribution in [1.82, 2.24) is 0 Å². The average Bonchev–Trinajstić information content (AvgIpc) is 3.00. The SMILES string of the molecule is C.CC.Cc1[c-]oc(=Nc2ccccc2CC(=O)OCCCC(C)C)s1.[Yb]. The maximum Gasteiger partial charge on any atom is 0.310 e. The molecule has 0 atom stereocenters. The van der Waals surface area contributed by atoms with Gasteiger partial charge in [0.15, 0.2) is 0 Å². The molecule has 4 nitrogen and oxygen atoms in total. The number of ether oxygens (including phenoxy) is 1. The molecule has 0 aliphatic carbocycles. The average molecular weight is 552 g/mol. The predicted molar refractivity (Wildman–Crippen MR) is 109 cm³/mol. The number of nitrogens with zero attached hydrogens (tertiary/aromatic N) is 1. The smallest absolute Gasteiger partial charge is 0.310 e. The van der Waals surface area contributed by atoms with Crippen LogP contribution in [0.3, 0.4) is 0 Å². The number of hydrogen-bond donors (Lipinski definition) is 0. The van der Waals surface area contributed by atoms with E-state index in [2.05, 4.69) is 25.1 Å². The Morgan fingerprint density at radius 1 is 1.30 bits per heavy atom. The van der Waals surface area contributed by atoms with Crippen LogP contribution in [-0.2, 0) is 16.0 Å². The summed E-state index contributed by atoms with van der Waals surface area (Å²) >= 11 is 1.42. The van der Waals surface area contributed by atoms with Gasteiger partial charge >= 0.3 is 5.97 Å². The third-order valence-corrected chi connectivity index (χ3v) is 3.99. The molecular formula is C21H32NO3SYb-. The Balaban J connectivity index is 0. The van der Waals surface area contributed by atoms with Crippen molar-refractivity contribution in [3.05, 3.63) is 45.8 Å². The molecule has 0 saturated heterocycles. The van der Waals surface area contributed by atoms with E-state index in [1.807, 2.05) is 45.0 Å². The van der Waals surface area contributed by atoms with Crippen molar-refractivity contribution < 1.29 is 60.9 Å². The van der Waals surface area contributed by atoms with Crippen molar-refractivity contribution in [3.63, 3.8) is 0 Å². The molecule has 27 heavy (non-hydrogen) atoms. The summed E-state index contributed by atoms with van der Waals surface area (Å²) in [5, 5.41) is 0. The predicted octanol–water partition coefficient (Wildman–Crippen LogP) is 5.87. The molecular weight excluding hydrogens is 519 g/mol. The summed E-state index contributed by atoms with van der Waals surface area (Å²) in [4.78, 5) is 17.9. The van der Waals surface area contributed by atoms with Crippen LogP contribution in [-0.4, -0.2) is 12.6 Å². The minimum atomic E-state index is -0.220. The summed E-state index contributed by atoms with van der Waals surface area (Å²) in [5.41, 5.74) is 1.56. The molecule has 0 N–H and O–H groups in total. The summed E-state index contributed by atoms with van der Waals surface area (Å²) in [6, 6.07) is 7.54. The van der Waals surface area contributed by atoms with Crippen LogP contribution < -0.4 is 4.87 Å². The van der Waals surface area contributed by atoms with E-state index in [9.17, 15) is 4.79 Å². The van der Waals surface area contributed by atoms with E-state index in [1.165, 1.54) is 11.3 Å². The maximum atomic E-state index is 12.0. The van der Waals surface area contributed by atoms with Crippen LogP contribution >= 0.6 is 11.3 Å². The quantitative estimate of drug-likeness (QED) is 0.246. The largest absolute Gasteiger partial charge is 0.621 e. The summed E-state index contributed by atoms with van der Waals surface area (Å²) in [5.74, 6) is 0.408. The van der Waals surface area contributed by atoms with Crippen molar-refractivity contribution >= 4 is 23.0 Å². The number of aryl methyl sites for hydroxylation is 1. The van der Waals surface area contributed by atoms with Gasteiger partial charge in [-0.1, -0.05) is 64.5 Å². The molecule has 0 amide bonds. The molecule has 0 aliphatic heterocycles. The molecule has 0 aliphatic rings. The van der Waals surface area contributed by atoms with Crippen molar-refractivity contribution in [2.75, 3.05) is 6.61 Å². The van der Waals surface area contributed by atoms with Crippen LogP contribution in [0.4, 0.5) is 5.69 Å². The maximum absolute atomic E-state index is 12.0. The molecule has 0 bridgehead atoms. The van der Waals surface area contributed by atoms with E-state index in [1.54, 1.807) is 0 Å². The number of carbonyl (C=O) groups excluding carboxylic acids is 1. The number of esters is 1. The molecule has 0 saturated carbocycles. The second-order valence-electron chi connectivity index (χ2n) is 5.80. The van der Waals surface area contributed by atoms with Gasteiger partial charge in [-0.2, -0.15) is 0 Å². The zero-order valence-corrected chi connectivity index (χ0v) is 18.6. The van der Waals surface area contributed by atoms with Crippen LogP contribution in [0.15, 0.2) is 33.7 Å². The number of para-hydroxylation sites is 1. The summed E-state index contributed by atoms with van der Waals surface area (Å²) in [6.07, 6.45) is 4.93. The van der Waals surface area contributed by atoms with Crippen LogP contribution in [0.1, 0.15) is 58.4 Å². The first-order valence-electron chi connectivity index (χ1n) is 8.81. The first-order chi connectivity index (χ1) is 12.0. The Kier molecular flexibility index (Phi) is 17.7. The topological polar surface area (TPSA) is 51.8 Å². The third-order valence-electron chi connectivity index (χ3n) is 3.25. The van der Waals surface area contributed by atoms with Crippen LogP contribution in [0.5, 0.6) is 0 Å². The molecule has 0 fully saturated rings. The van der Waals surface area contributed by atoms with Gasteiger partial charge in [-0.05, 0) is 37.3 Å². The molecule has 0 unspecified atom stereocenters. The molecule has 0 spiro atoms. The van der Waals surface area contributed by atoms with E-state index in [4.69, 9.17) is 9.15 Å². The van der Waals surface area contributed by atoms with Gasteiger partial charge in [0.1, 0.15) is 4.87 Å². The van der Waals surface area contributed by atoms with Gasteiger partial charge in [-0.3, -0.25) is 9.79 Å². The summed E-state index contributed by atoms with van der Waals surface area (Å²) in [6.45, 7) is 10.7. The van der Waals surface area contributed by atoms with Gasteiger partial charge < -0.3 is 9.15 Å². The van der Waals surface area contributed by atoms with E-state index in [-0.39, 0.29) is 66.7 Å². The van der Waals surface area contributed by atoms with Gasteiger partial charge in [0.2, 0.25) is 0 Å². The van der Waals surface area contributed by atoms with Crippen LogP contribution in [0, 0.1) is 66.0 Å². The number of benzene rings is 1. The van der Waals surface area contributed by atoms with Crippen molar-refractivity contribution in [3.8, 4) is 0 Å². The normalized spacial score (nSPS) is 10.4. The molecule has 1 aromatic carbocycles. The van der Waals surface area contributed by atoms with Gasteiger partial charge in [-0.15, -0.1) is 0 Å². The Hall–Kier alpha value is -0.361. The van der Waals surface area contributed by atoms with Crippen molar-refractivity contribution in [1.29, 1.82) is 0 Å². The van der Waals surface area contributed by atoms with E-state index in [0.29, 0.717) is 17.4 Å². The zero-order valence-electron chi connectivity index (χ0n) is 16.1. The number of carbonyl (C=O) groups is 1. The minimum Gasteiger partial charge on any atom is -0.621 e. The second-order valence-corrected chi connectivity index (χ2v) is 6.97. The number of hydrogen-bond acceptors (Lipinski definition) is 5. The molecule has 1 aromatic heterocycles. The standard InChI is InChI=1S/C18H22NO3S.C2H6.CH4.Yb/c1-13(2)7-6-10-21-17(20)11-15-8-4-5-9-16(15)19-18-22-12-14(3)23-18;1-2;;/h4-5,8-9,13H,6-7,10-11H2,1-3H3;1-2H3;1H4;/q-1;;;. The van der Waals surface area contributed by atoms with E-state index in [0.717, 1.165) is 29.0 Å². The fourth-order valence-corrected chi connectivity index (χ4v) is 2.66. The summed E-state index contributed by atoms with van der Waals surface area (Å²) in [7, 11) is 0. The monoisotopic (exact) mass is 552 g/mol. The fourth-order valence-electron chi connectivity index (χ4n) is 2.09. The van der Waals surface area contributed by atoms with E-state index >= 15 is 0 Å². The molecule has 0 radical (unpaired) electrons. The van der Waals surface area contributed by atoms with Crippen molar-refractivity contribution in [2.45, 2.75) is 61.3 Å². The molecule has 160 valence electrons. The molecule has 2 rings (SSSR count). The Morgan fingerprint density at radius 2 is 1.96 bits per heavy atom. The molecule has 6 heteroatoms. The zero-order chi connectivity index (χ0) is 18.7. The van der Waals surface area contributed by atoms with Gasteiger partial charge in [-0.25, -0.2) is 11.3 Å². The molecule has 2 aromatic rings. The summed E-state index contributed by atoms with van der Waals surface area (Å²) < 4.78 is 10.5. The Bertz CT molecular complexity index is 707. The Morgan fingerprint density at radius 3 is 2.56 bits per heavy atom. The first-order valence-corrected chi connectivity index (χ1v) is 9.62. The van der Waals surface area contributed by atoms with Gasteiger partial charge in [0, 0.05) is 46.9 Å². The first kappa shape index (κ1) is 28.8. The van der Waals surface area contributed by atoms with Gasteiger partial charge in [0.05, 0.1) is 18.7 Å². The molecule has 1 heterocycles. The number of rotatable bonds is 7. The van der Waals surface area contributed by atoms with Crippen LogP contribution in [0.2, 0.25) is 0 Å². The Labute approximate surface area is 206 Å². The van der Waals surface area contributed by atoms with Gasteiger partial charge in [0.25, 0.3) is 0 Å². The van der Waals surface area contributed by atoms with E-state index < -0.39 is 0 Å². The minimum absolute atomic E-state index is 0.